The van der Waals surface area contributed by atoms with Crippen molar-refractivity contribution in [3.63, 3.8) is 0 Å². The van der Waals surface area contributed by atoms with Crippen LogP contribution in [0.1, 0.15) is 19.4 Å². The van der Waals surface area contributed by atoms with Crippen molar-refractivity contribution in [2.24, 2.45) is 5.92 Å². The first-order valence-electron chi connectivity index (χ1n) is 4.80. The summed E-state index contributed by atoms with van der Waals surface area (Å²) in [6, 6.07) is 0.457. The van der Waals surface area contributed by atoms with Gasteiger partial charge in [-0.05, 0) is 13.0 Å². The van der Waals surface area contributed by atoms with Crippen LogP contribution >= 0.6 is 0 Å². The summed E-state index contributed by atoms with van der Waals surface area (Å²) in [4.78, 5) is 8.19. The Hall–Kier alpha value is -1.16. The van der Waals surface area contributed by atoms with E-state index in [1.807, 2.05) is 7.05 Å². The van der Waals surface area contributed by atoms with Crippen molar-refractivity contribution in [2.45, 2.75) is 20.4 Å². The van der Waals surface area contributed by atoms with Crippen molar-refractivity contribution in [1.29, 1.82) is 0 Å². The molecule has 0 aliphatic carbocycles. The summed E-state index contributed by atoms with van der Waals surface area (Å²) in [6.45, 7) is 5.63. The average molecular weight is 195 g/mol. The normalized spacial score (nSPS) is 10.6. The molecule has 1 rings (SSSR count). The van der Waals surface area contributed by atoms with E-state index in [-0.39, 0.29) is 0 Å². The summed E-state index contributed by atoms with van der Waals surface area (Å²) in [6.07, 6.45) is 3.55. The predicted octanol–water partition coefficient (Wildman–Crippen LogP) is 1.23. The van der Waals surface area contributed by atoms with E-state index in [1.165, 1.54) is 0 Å². The molecule has 0 saturated heterocycles. The van der Waals surface area contributed by atoms with E-state index in [0.29, 0.717) is 18.5 Å². The molecule has 0 spiro atoms. The van der Waals surface area contributed by atoms with Gasteiger partial charge >= 0.3 is 6.01 Å². The van der Waals surface area contributed by atoms with E-state index in [4.69, 9.17) is 4.74 Å². The molecule has 1 aromatic heterocycles. The van der Waals surface area contributed by atoms with Gasteiger partial charge in [0.05, 0.1) is 6.61 Å². The van der Waals surface area contributed by atoms with Gasteiger partial charge in [0.15, 0.2) is 0 Å². The van der Waals surface area contributed by atoms with Crippen LogP contribution in [0.4, 0.5) is 0 Å². The van der Waals surface area contributed by atoms with Crippen LogP contribution in [0.5, 0.6) is 6.01 Å². The fourth-order valence-corrected chi connectivity index (χ4v) is 0.954. The van der Waals surface area contributed by atoms with Crippen LogP contribution in [-0.2, 0) is 6.54 Å². The molecule has 4 heteroatoms. The second kappa shape index (κ2) is 5.54. The summed E-state index contributed by atoms with van der Waals surface area (Å²) in [5.74, 6) is 0.496. The lowest BCUT2D eigenvalue weighted by Crippen LogP contribution is -2.09. The molecule has 0 amide bonds. The summed E-state index contributed by atoms with van der Waals surface area (Å²) in [5.41, 5.74) is 1.06. The van der Waals surface area contributed by atoms with Gasteiger partial charge in [0, 0.05) is 24.5 Å². The Morgan fingerprint density at radius 1 is 1.36 bits per heavy atom. The van der Waals surface area contributed by atoms with Crippen molar-refractivity contribution >= 4 is 0 Å². The Kier molecular flexibility index (Phi) is 4.32. The van der Waals surface area contributed by atoms with Crippen molar-refractivity contribution < 1.29 is 4.74 Å². The van der Waals surface area contributed by atoms with Gasteiger partial charge in [-0.25, -0.2) is 9.97 Å². The van der Waals surface area contributed by atoms with Crippen LogP contribution in [0.25, 0.3) is 0 Å². The Morgan fingerprint density at radius 2 is 2.00 bits per heavy atom. The zero-order valence-electron chi connectivity index (χ0n) is 8.95. The molecule has 0 radical (unpaired) electrons. The first-order valence-corrected chi connectivity index (χ1v) is 4.80. The molecule has 0 unspecified atom stereocenters. The number of rotatable bonds is 5. The monoisotopic (exact) mass is 195 g/mol. The van der Waals surface area contributed by atoms with Crippen molar-refractivity contribution in [1.82, 2.24) is 15.3 Å². The highest BCUT2D eigenvalue weighted by Gasteiger charge is 1.99. The maximum absolute atomic E-state index is 5.36. The molecule has 78 valence electrons. The lowest BCUT2D eigenvalue weighted by atomic mass is 10.2. The highest BCUT2D eigenvalue weighted by molar-refractivity contribution is 5.06. The zero-order chi connectivity index (χ0) is 10.4. The number of nitrogens with zero attached hydrogens (tertiary/aromatic N) is 2. The van der Waals surface area contributed by atoms with E-state index in [1.54, 1.807) is 12.4 Å². The molecule has 0 aliphatic rings. The van der Waals surface area contributed by atoms with E-state index < -0.39 is 0 Å². The summed E-state index contributed by atoms with van der Waals surface area (Å²) < 4.78 is 5.36. The molecule has 14 heavy (non-hydrogen) atoms. The quantitative estimate of drug-likeness (QED) is 0.767. The minimum atomic E-state index is 0.457. The summed E-state index contributed by atoms with van der Waals surface area (Å²) in [5, 5.41) is 3.03. The molecule has 1 heterocycles. The van der Waals surface area contributed by atoms with Gasteiger partial charge in [-0.1, -0.05) is 13.8 Å². The van der Waals surface area contributed by atoms with Gasteiger partial charge in [-0.15, -0.1) is 0 Å². The third kappa shape index (κ3) is 3.70. The van der Waals surface area contributed by atoms with Gasteiger partial charge in [0.2, 0.25) is 0 Å². The van der Waals surface area contributed by atoms with Crippen LogP contribution in [0.2, 0.25) is 0 Å². The van der Waals surface area contributed by atoms with Crippen LogP contribution in [0, 0.1) is 5.92 Å². The van der Waals surface area contributed by atoms with Crippen LogP contribution in [0.15, 0.2) is 12.4 Å². The van der Waals surface area contributed by atoms with Gasteiger partial charge in [-0.3, -0.25) is 0 Å². The Labute approximate surface area is 84.7 Å². The molecule has 0 bridgehead atoms. The van der Waals surface area contributed by atoms with E-state index in [2.05, 4.69) is 29.1 Å². The van der Waals surface area contributed by atoms with Crippen LogP contribution < -0.4 is 10.1 Å². The van der Waals surface area contributed by atoms with E-state index in [9.17, 15) is 0 Å². The number of aromatic nitrogens is 2. The summed E-state index contributed by atoms with van der Waals surface area (Å²) >= 11 is 0. The van der Waals surface area contributed by atoms with Crippen LogP contribution in [0.3, 0.4) is 0 Å². The highest BCUT2D eigenvalue weighted by atomic mass is 16.5. The smallest absolute Gasteiger partial charge is 0.316 e. The van der Waals surface area contributed by atoms with Crippen molar-refractivity contribution in [2.75, 3.05) is 13.7 Å². The second-order valence-electron chi connectivity index (χ2n) is 3.61. The van der Waals surface area contributed by atoms with E-state index in [0.717, 1.165) is 12.1 Å². The lowest BCUT2D eigenvalue weighted by molar-refractivity contribution is 0.250. The third-order valence-corrected chi connectivity index (χ3v) is 1.61. The van der Waals surface area contributed by atoms with Gasteiger partial charge in [-0.2, -0.15) is 0 Å². The third-order valence-electron chi connectivity index (χ3n) is 1.61. The molecule has 1 N–H and O–H groups in total. The fraction of sp³-hybridized carbons (Fsp3) is 0.600. The molecular formula is C10H17N3O. The molecule has 0 fully saturated rings. The largest absolute Gasteiger partial charge is 0.463 e. The minimum absolute atomic E-state index is 0.457. The van der Waals surface area contributed by atoms with Gasteiger partial charge in [0.25, 0.3) is 0 Å². The van der Waals surface area contributed by atoms with Crippen molar-refractivity contribution in [3.8, 4) is 6.01 Å². The maximum atomic E-state index is 5.36. The second-order valence-corrected chi connectivity index (χ2v) is 3.61. The molecule has 4 nitrogen and oxygen atoms in total. The molecule has 0 aromatic carbocycles. The van der Waals surface area contributed by atoms with E-state index >= 15 is 0 Å². The molecular weight excluding hydrogens is 178 g/mol. The first-order chi connectivity index (χ1) is 6.72. The number of hydrogen-bond acceptors (Lipinski definition) is 4. The standard InChI is InChI=1S/C10H17N3O/c1-8(2)7-14-10-12-5-9(4-11-3)6-13-10/h5-6,8,11H,4,7H2,1-3H3. The predicted molar refractivity (Wildman–Crippen MR) is 55.1 cm³/mol. The topological polar surface area (TPSA) is 47.0 Å². The average Bonchev–Trinajstić information content (AvgIpc) is 2.17. The van der Waals surface area contributed by atoms with Crippen LogP contribution in [-0.4, -0.2) is 23.6 Å². The number of ether oxygens (including phenoxy) is 1. The minimum Gasteiger partial charge on any atom is -0.463 e. The number of nitrogens with one attached hydrogen (secondary N) is 1. The lowest BCUT2D eigenvalue weighted by Gasteiger charge is -2.06. The molecule has 0 aliphatic heterocycles. The molecule has 0 saturated carbocycles. The maximum Gasteiger partial charge on any atom is 0.316 e. The number of hydrogen-bond donors (Lipinski definition) is 1. The highest BCUT2D eigenvalue weighted by Crippen LogP contribution is 2.04. The molecule has 0 atom stereocenters. The summed E-state index contributed by atoms with van der Waals surface area (Å²) in [7, 11) is 1.89. The van der Waals surface area contributed by atoms with Crippen molar-refractivity contribution in [3.05, 3.63) is 18.0 Å². The fourth-order valence-electron chi connectivity index (χ4n) is 0.954. The first kappa shape index (κ1) is 10.9. The van der Waals surface area contributed by atoms with Gasteiger partial charge < -0.3 is 10.1 Å². The Morgan fingerprint density at radius 3 is 2.50 bits per heavy atom. The molecule has 1 aromatic rings. The zero-order valence-corrected chi connectivity index (χ0v) is 8.95. The van der Waals surface area contributed by atoms with Gasteiger partial charge in [0.1, 0.15) is 0 Å². The SMILES string of the molecule is CNCc1cnc(OCC(C)C)nc1. The Bertz CT molecular complexity index is 259. The Balaban J connectivity index is 2.46.